The zero-order valence-corrected chi connectivity index (χ0v) is 17.8. The third kappa shape index (κ3) is 2.97. The van der Waals surface area contributed by atoms with Gasteiger partial charge in [-0.25, -0.2) is 4.79 Å². The average Bonchev–Trinajstić information content (AvgIpc) is 3.31. The summed E-state index contributed by atoms with van der Waals surface area (Å²) >= 11 is 3.45. The summed E-state index contributed by atoms with van der Waals surface area (Å²) in [6, 6.07) is 16.8. The number of rotatable bonds is 4. The molecule has 9 heteroatoms. The molecule has 3 amide bonds. The van der Waals surface area contributed by atoms with Crippen molar-refractivity contribution in [2.24, 2.45) is 0 Å². The number of amides is 3. The maximum Gasteiger partial charge on any atom is 0.325 e. The van der Waals surface area contributed by atoms with Crippen LogP contribution in [0.4, 0.5) is 10.7 Å². The normalized spacial score (nSPS) is 20.2. The highest BCUT2D eigenvalue weighted by Crippen LogP contribution is 2.40. The molecule has 1 N–H and O–H groups in total. The Bertz CT molecular complexity index is 1110. The molecule has 1 saturated heterocycles. The number of carbonyl (C=O) groups excluding carboxylic acids is 2. The molecule has 1 fully saturated rings. The van der Waals surface area contributed by atoms with Gasteiger partial charge in [0.15, 0.2) is 11.9 Å². The van der Waals surface area contributed by atoms with E-state index >= 15 is 0 Å². The Morgan fingerprint density at radius 2 is 1.77 bits per heavy atom. The zero-order valence-electron chi connectivity index (χ0n) is 16.2. The molecule has 5 rings (SSSR count). The molecule has 0 radical (unpaired) electrons. The molecule has 0 aliphatic carbocycles. The number of halogens is 1. The number of hydrogen-bond acceptors (Lipinski definition) is 5. The second-order valence-corrected chi connectivity index (χ2v) is 8.31. The fourth-order valence-corrected chi connectivity index (χ4v) is 4.39. The van der Waals surface area contributed by atoms with Crippen molar-refractivity contribution in [2.45, 2.75) is 18.6 Å². The zero-order chi connectivity index (χ0) is 20.8. The molecule has 2 aliphatic rings. The highest BCUT2D eigenvalue weighted by atomic mass is 79.9. The standard InChI is InChI=1S/C21H19BrN6O2/c1-26-19-16(18(29)23-21(26)30)27(12-11-13-5-3-2-4-6-13)20-25-24-17(28(19)20)14-7-9-15(22)10-8-14/h2-10,16,19H,11-12H2,1H3,(H,23,29,30). The maximum absolute atomic E-state index is 12.8. The first-order valence-corrected chi connectivity index (χ1v) is 10.4. The Morgan fingerprint density at radius 1 is 1.03 bits per heavy atom. The minimum atomic E-state index is -0.559. The molecule has 0 spiro atoms. The maximum atomic E-state index is 12.8. The second kappa shape index (κ2) is 7.24. The molecule has 2 aromatic carbocycles. The van der Waals surface area contributed by atoms with Crippen LogP contribution < -0.4 is 10.2 Å². The van der Waals surface area contributed by atoms with Crippen molar-refractivity contribution in [3.05, 3.63) is 64.6 Å². The first-order valence-electron chi connectivity index (χ1n) is 9.63. The molecule has 2 atom stereocenters. The van der Waals surface area contributed by atoms with Gasteiger partial charge in [0.1, 0.15) is 6.17 Å². The van der Waals surface area contributed by atoms with Crippen LogP contribution in [-0.2, 0) is 11.2 Å². The summed E-state index contributed by atoms with van der Waals surface area (Å²) in [5.74, 6) is 0.906. The number of anilines is 1. The van der Waals surface area contributed by atoms with Gasteiger partial charge in [-0.1, -0.05) is 58.4 Å². The van der Waals surface area contributed by atoms with Crippen LogP contribution in [0.15, 0.2) is 59.1 Å². The number of nitrogens with zero attached hydrogens (tertiary/aromatic N) is 5. The Labute approximate surface area is 181 Å². The topological polar surface area (TPSA) is 83.4 Å². The third-order valence-electron chi connectivity index (χ3n) is 5.62. The predicted molar refractivity (Wildman–Crippen MR) is 115 cm³/mol. The molecule has 2 aliphatic heterocycles. The minimum absolute atomic E-state index is 0.316. The Kier molecular flexibility index (Phi) is 4.54. The number of urea groups is 1. The van der Waals surface area contributed by atoms with Crippen molar-refractivity contribution in [3.8, 4) is 11.4 Å². The van der Waals surface area contributed by atoms with Gasteiger partial charge in [0, 0.05) is 23.6 Å². The molecule has 3 aromatic rings. The number of hydrogen-bond donors (Lipinski definition) is 1. The predicted octanol–water partition coefficient (Wildman–Crippen LogP) is 2.82. The lowest BCUT2D eigenvalue weighted by Crippen LogP contribution is -2.61. The molecule has 3 heterocycles. The summed E-state index contributed by atoms with van der Waals surface area (Å²) in [5.41, 5.74) is 2.04. The number of imide groups is 1. The highest BCUT2D eigenvalue weighted by Gasteiger charge is 2.52. The van der Waals surface area contributed by atoms with Crippen LogP contribution in [-0.4, -0.2) is 51.2 Å². The fourth-order valence-electron chi connectivity index (χ4n) is 4.13. The Morgan fingerprint density at radius 3 is 2.50 bits per heavy atom. The minimum Gasteiger partial charge on any atom is -0.325 e. The third-order valence-corrected chi connectivity index (χ3v) is 6.15. The fraction of sp³-hybridized carbons (Fsp3) is 0.238. The van der Waals surface area contributed by atoms with Gasteiger partial charge in [-0.15, -0.1) is 10.2 Å². The number of likely N-dealkylation sites (N-methyl/N-ethyl adjacent to an activating group) is 1. The van der Waals surface area contributed by atoms with Gasteiger partial charge in [-0.2, -0.15) is 0 Å². The van der Waals surface area contributed by atoms with E-state index in [0.29, 0.717) is 18.3 Å². The summed E-state index contributed by atoms with van der Waals surface area (Å²) in [4.78, 5) is 28.7. The van der Waals surface area contributed by atoms with Crippen molar-refractivity contribution in [2.75, 3.05) is 18.5 Å². The number of benzene rings is 2. The average molecular weight is 467 g/mol. The number of nitrogens with one attached hydrogen (secondary N) is 1. The van der Waals surface area contributed by atoms with Gasteiger partial charge < -0.3 is 9.80 Å². The van der Waals surface area contributed by atoms with Crippen LogP contribution in [0.1, 0.15) is 11.7 Å². The van der Waals surface area contributed by atoms with Gasteiger partial charge in [0.2, 0.25) is 5.95 Å². The lowest BCUT2D eigenvalue weighted by atomic mass is 10.1. The van der Waals surface area contributed by atoms with Gasteiger partial charge in [0.05, 0.1) is 0 Å². The first-order chi connectivity index (χ1) is 14.5. The number of fused-ring (bicyclic) bond motifs is 3. The van der Waals surface area contributed by atoms with Gasteiger partial charge in [-0.3, -0.25) is 14.7 Å². The first kappa shape index (κ1) is 18.8. The van der Waals surface area contributed by atoms with Crippen LogP contribution in [0, 0.1) is 0 Å². The molecule has 152 valence electrons. The quantitative estimate of drug-likeness (QED) is 0.638. The molecular formula is C21H19BrN6O2. The molecule has 0 bridgehead atoms. The summed E-state index contributed by atoms with van der Waals surface area (Å²) < 4.78 is 2.86. The van der Waals surface area contributed by atoms with Crippen molar-refractivity contribution < 1.29 is 9.59 Å². The SMILES string of the molecule is CN1C(=O)NC(=O)C2C1n1c(-c3ccc(Br)cc3)nnc1N2CCc1ccccc1. The van der Waals surface area contributed by atoms with Crippen LogP contribution in [0.2, 0.25) is 0 Å². The molecule has 30 heavy (non-hydrogen) atoms. The highest BCUT2D eigenvalue weighted by molar-refractivity contribution is 9.10. The monoisotopic (exact) mass is 466 g/mol. The molecule has 0 saturated carbocycles. The van der Waals surface area contributed by atoms with Crippen molar-refractivity contribution in [1.82, 2.24) is 25.0 Å². The Hall–Kier alpha value is -3.20. The summed E-state index contributed by atoms with van der Waals surface area (Å²) in [6.07, 6.45) is 0.237. The van der Waals surface area contributed by atoms with E-state index in [9.17, 15) is 9.59 Å². The number of aromatic nitrogens is 3. The molecular weight excluding hydrogens is 448 g/mol. The number of carbonyl (C=O) groups is 2. The summed E-state index contributed by atoms with van der Waals surface area (Å²) in [7, 11) is 1.69. The van der Waals surface area contributed by atoms with E-state index in [-0.39, 0.29) is 5.91 Å². The van der Waals surface area contributed by atoms with E-state index in [1.54, 1.807) is 11.9 Å². The van der Waals surface area contributed by atoms with Gasteiger partial charge >= 0.3 is 6.03 Å². The van der Waals surface area contributed by atoms with Crippen molar-refractivity contribution >= 4 is 33.8 Å². The van der Waals surface area contributed by atoms with E-state index in [4.69, 9.17) is 0 Å². The van der Waals surface area contributed by atoms with E-state index in [2.05, 4.69) is 43.6 Å². The van der Waals surface area contributed by atoms with E-state index in [0.717, 1.165) is 16.5 Å². The lowest BCUT2D eigenvalue weighted by Gasteiger charge is -2.37. The van der Waals surface area contributed by atoms with E-state index in [1.165, 1.54) is 5.56 Å². The molecule has 1 aromatic heterocycles. The van der Waals surface area contributed by atoms with E-state index < -0.39 is 18.2 Å². The van der Waals surface area contributed by atoms with E-state index in [1.807, 2.05) is 51.9 Å². The van der Waals surface area contributed by atoms with Crippen LogP contribution in [0.25, 0.3) is 11.4 Å². The molecule has 2 unspecified atom stereocenters. The van der Waals surface area contributed by atoms with Crippen LogP contribution >= 0.6 is 15.9 Å². The lowest BCUT2D eigenvalue weighted by molar-refractivity contribution is -0.124. The van der Waals surface area contributed by atoms with Crippen molar-refractivity contribution in [3.63, 3.8) is 0 Å². The Balaban J connectivity index is 1.57. The second-order valence-electron chi connectivity index (χ2n) is 7.39. The summed E-state index contributed by atoms with van der Waals surface area (Å²) in [6.45, 7) is 0.582. The molecule has 8 nitrogen and oxygen atoms in total. The van der Waals surface area contributed by atoms with Gasteiger partial charge in [-0.05, 0) is 24.1 Å². The van der Waals surface area contributed by atoms with Crippen LogP contribution in [0.3, 0.4) is 0 Å². The smallest absolute Gasteiger partial charge is 0.325 e. The van der Waals surface area contributed by atoms with Gasteiger partial charge in [0.25, 0.3) is 5.91 Å². The largest absolute Gasteiger partial charge is 0.325 e. The van der Waals surface area contributed by atoms with Crippen LogP contribution in [0.5, 0.6) is 0 Å². The summed E-state index contributed by atoms with van der Waals surface area (Å²) in [5, 5.41) is 11.3. The van der Waals surface area contributed by atoms with Crippen molar-refractivity contribution in [1.29, 1.82) is 0 Å².